The molecule has 0 bridgehead atoms. The third-order valence-electron chi connectivity index (χ3n) is 6.06. The molecule has 9 nitrogen and oxygen atoms in total. The van der Waals surface area contributed by atoms with E-state index in [0.717, 1.165) is 34.3 Å². The van der Waals surface area contributed by atoms with E-state index in [1.165, 1.54) is 35.8 Å². The third-order valence-corrected chi connectivity index (χ3v) is 6.91. The average Bonchev–Trinajstić information content (AvgIpc) is 2.93. The number of fused-ring (bicyclic) bond motifs is 1. The van der Waals surface area contributed by atoms with Crippen LogP contribution in [0.15, 0.2) is 24.3 Å². The number of benzene rings is 2. The number of halogens is 1. The average molecular weight is 730 g/mol. The second kappa shape index (κ2) is 16.0. The zero-order chi connectivity index (χ0) is 27.3. The number of rotatable bonds is 16. The summed E-state index contributed by atoms with van der Waals surface area (Å²) >= 11 is 1.45. The van der Waals surface area contributed by atoms with Crippen molar-refractivity contribution < 1.29 is 62.3 Å². The number of alkyl halides is 1. The number of amides is 1. The molecule has 3 rings (SSSR count). The molecule has 0 fully saturated rings. The summed E-state index contributed by atoms with van der Waals surface area (Å²) in [5, 5.41) is 3.03. The van der Waals surface area contributed by atoms with Gasteiger partial charge in [0.15, 0.2) is 5.75 Å². The van der Waals surface area contributed by atoms with E-state index in [1.807, 2.05) is 24.3 Å². The summed E-state index contributed by atoms with van der Waals surface area (Å²) in [4.78, 5) is 15.5. The molecule has 1 aliphatic rings. The monoisotopic (exact) mass is 729 g/mol. The molecule has 0 saturated carbocycles. The van der Waals surface area contributed by atoms with Gasteiger partial charge in [0.1, 0.15) is 6.67 Å². The number of nitrogens with zero attached hydrogens (tertiary/aromatic N) is 1. The Morgan fingerprint density at radius 2 is 1.58 bits per heavy atom. The van der Waals surface area contributed by atoms with E-state index in [-0.39, 0.29) is 19.1 Å². The molecule has 210 valence electrons. The molecule has 2 aromatic rings. The van der Waals surface area contributed by atoms with Crippen LogP contribution in [0, 0.1) is 24.7 Å². The molecule has 0 unspecified atom stereocenters. The summed E-state index contributed by atoms with van der Waals surface area (Å²) in [7, 11) is 4.83. The van der Waals surface area contributed by atoms with Gasteiger partial charge in [-0.1, -0.05) is 0 Å². The van der Waals surface area contributed by atoms with Crippen LogP contribution in [0.25, 0.3) is 0 Å². The first-order valence-corrected chi connectivity index (χ1v) is 13.9. The number of carbonyl (C=O) groups is 1. The predicted molar refractivity (Wildman–Crippen MR) is 137 cm³/mol. The van der Waals surface area contributed by atoms with Gasteiger partial charge in [0.25, 0.3) is 0 Å². The first kappa shape index (κ1) is 30.3. The van der Waals surface area contributed by atoms with Crippen LogP contribution in [0.5, 0.6) is 23.0 Å². The van der Waals surface area contributed by atoms with E-state index < -0.39 is 6.67 Å². The van der Waals surface area contributed by atoms with Crippen molar-refractivity contribution in [2.24, 2.45) is 0 Å². The third kappa shape index (κ3) is 8.66. The second-order valence-electron chi connectivity index (χ2n) is 8.50. The van der Waals surface area contributed by atoms with Gasteiger partial charge in [0.2, 0.25) is 0 Å². The van der Waals surface area contributed by atoms with Crippen molar-refractivity contribution in [3.8, 4) is 23.0 Å². The van der Waals surface area contributed by atoms with E-state index in [9.17, 15) is 9.18 Å². The van der Waals surface area contributed by atoms with Crippen LogP contribution < -0.4 is 27.5 Å². The van der Waals surface area contributed by atoms with Crippen LogP contribution >= 0.6 is 0 Å². The molecule has 2 aromatic carbocycles. The molecule has 38 heavy (non-hydrogen) atoms. The van der Waals surface area contributed by atoms with Gasteiger partial charge in [-0.2, -0.15) is 0 Å². The molecule has 0 aromatic heterocycles. The van der Waals surface area contributed by atoms with Gasteiger partial charge in [0, 0.05) is 0 Å². The molecule has 0 atom stereocenters. The van der Waals surface area contributed by atoms with Crippen LogP contribution in [-0.2, 0) is 22.4 Å². The number of hydrogen-bond acceptors (Lipinski definition) is 8. The Hall–Kier alpha value is -2.20. The van der Waals surface area contributed by atoms with Crippen LogP contribution in [0.3, 0.4) is 0 Å². The van der Waals surface area contributed by atoms with E-state index in [4.69, 9.17) is 28.4 Å². The minimum atomic E-state index is -0.515. The van der Waals surface area contributed by atoms with Crippen molar-refractivity contribution in [3.05, 3.63) is 41.0 Å². The topological polar surface area (TPSA) is 87.7 Å². The van der Waals surface area contributed by atoms with E-state index in [0.29, 0.717) is 50.0 Å². The molecule has 1 heterocycles. The Morgan fingerprint density at radius 3 is 2.26 bits per heavy atom. The van der Waals surface area contributed by atoms with Gasteiger partial charge in [-0.05, 0) is 0 Å². The summed E-state index contributed by atoms with van der Waals surface area (Å²) in [5.41, 5.74) is 2.89. The molecular formula is C27H36AtFN2O7. The number of hydrogen-bond donors (Lipinski definition) is 1. The zero-order valence-electron chi connectivity index (χ0n) is 22.1. The number of carbonyl (C=O) groups excluding carboxylic acids is 1. The molecule has 0 saturated heterocycles. The Labute approximate surface area is 238 Å². The van der Waals surface area contributed by atoms with Crippen LogP contribution in [-0.4, -0.2) is 91.5 Å². The number of nitrogens with one attached hydrogen (secondary N) is 1. The Bertz CT molecular complexity index is 1060. The molecule has 1 aliphatic heterocycles. The van der Waals surface area contributed by atoms with Crippen molar-refractivity contribution in [1.29, 1.82) is 0 Å². The van der Waals surface area contributed by atoms with Crippen molar-refractivity contribution in [1.82, 2.24) is 10.2 Å². The fourth-order valence-corrected chi connectivity index (χ4v) is 4.98. The molecule has 0 spiro atoms. The zero-order valence-corrected chi connectivity index (χ0v) is 25.1. The number of ether oxygens (including phenoxy) is 6. The predicted octanol–water partition coefficient (Wildman–Crippen LogP) is 2.06. The van der Waals surface area contributed by atoms with E-state index >= 15 is 0 Å². The maximum absolute atomic E-state index is 13.1. The van der Waals surface area contributed by atoms with Crippen LogP contribution in [0.2, 0.25) is 0 Å². The minimum absolute atomic E-state index is 0.0647. The SMILES string of the molecule is COc1cc2c(cc1OC)CN(CCNC(=O)c1cc([At])cc(OC)c1OCCOCCOCCF)CC2. The van der Waals surface area contributed by atoms with Gasteiger partial charge in [-0.3, -0.25) is 0 Å². The fourth-order valence-electron chi connectivity index (χ4n) is 4.17. The molecular weight excluding hydrogens is 693 g/mol. The van der Waals surface area contributed by atoms with Gasteiger partial charge in [-0.25, -0.2) is 4.39 Å². The van der Waals surface area contributed by atoms with E-state index in [2.05, 4.69) is 10.2 Å². The van der Waals surface area contributed by atoms with Crippen molar-refractivity contribution in [3.63, 3.8) is 0 Å². The fraction of sp³-hybridized carbons (Fsp3) is 0.519. The molecule has 1 N–H and O–H groups in total. The normalized spacial score (nSPS) is 13.1. The standard InChI is InChI=1S/C27H36AtFN2O7/c1-33-23-14-19-4-7-31(18-20(19)15-24(23)34-2)8-6-30-27(32)22-16-21(28)17-25(35-3)26(22)38-13-12-37-11-10-36-9-5-29/h14-17H,4-13,18H2,1-3H3,(H,30,32). The van der Waals surface area contributed by atoms with Crippen molar-refractivity contribution in [2.45, 2.75) is 13.0 Å². The van der Waals surface area contributed by atoms with Gasteiger partial charge in [0.05, 0.1) is 14.2 Å². The molecule has 11 heteroatoms. The van der Waals surface area contributed by atoms with Crippen LogP contribution in [0.4, 0.5) is 4.39 Å². The Morgan fingerprint density at radius 1 is 0.921 bits per heavy atom. The van der Waals surface area contributed by atoms with Gasteiger partial charge in [-0.15, -0.1) is 0 Å². The van der Waals surface area contributed by atoms with Crippen molar-refractivity contribution >= 4 is 9.18 Å². The molecule has 0 aliphatic carbocycles. The van der Waals surface area contributed by atoms with E-state index in [1.54, 1.807) is 21.3 Å². The number of methoxy groups -OCH3 is 3. The second-order valence-corrected chi connectivity index (χ2v) is 10.2. The summed E-state index contributed by atoms with van der Waals surface area (Å²) in [6, 6.07) is 7.74. The first-order valence-electron chi connectivity index (χ1n) is 12.5. The Balaban J connectivity index is 1.54. The van der Waals surface area contributed by atoms with Gasteiger partial charge < -0.3 is 9.47 Å². The molecule has 0 radical (unpaired) electrons. The summed E-state index contributed by atoms with van der Waals surface area (Å²) < 4.78 is 45.7. The summed E-state index contributed by atoms with van der Waals surface area (Å²) in [6.45, 7) is 3.61. The molecule has 1 amide bonds. The Kier molecular flexibility index (Phi) is 12.8. The van der Waals surface area contributed by atoms with Gasteiger partial charge >= 0.3 is 199 Å². The maximum atomic E-state index is 13.1. The quantitative estimate of drug-likeness (QED) is 0.263. The first-order chi connectivity index (χ1) is 18.5. The van der Waals surface area contributed by atoms with Crippen LogP contribution in [0.1, 0.15) is 21.5 Å². The van der Waals surface area contributed by atoms with Crippen molar-refractivity contribution in [2.75, 3.05) is 80.7 Å². The summed E-state index contributed by atoms with van der Waals surface area (Å²) in [6.07, 6.45) is 0.905. The summed E-state index contributed by atoms with van der Waals surface area (Å²) in [5.74, 6) is 2.13.